The molecule has 2 aromatic heterocycles. The van der Waals surface area contributed by atoms with E-state index in [0.29, 0.717) is 22.7 Å². The lowest BCUT2D eigenvalue weighted by molar-refractivity contribution is 0.415. The highest BCUT2D eigenvalue weighted by Crippen LogP contribution is 2.23. The summed E-state index contributed by atoms with van der Waals surface area (Å²) in [5.41, 5.74) is 0.855. The van der Waals surface area contributed by atoms with Crippen LogP contribution in [-0.2, 0) is 5.75 Å². The molecule has 0 saturated heterocycles. The van der Waals surface area contributed by atoms with Gasteiger partial charge in [0.15, 0.2) is 0 Å². The van der Waals surface area contributed by atoms with Crippen molar-refractivity contribution >= 4 is 11.8 Å². The number of aryl methyl sites for hydroxylation is 1. The van der Waals surface area contributed by atoms with Crippen LogP contribution in [0.2, 0.25) is 0 Å². The van der Waals surface area contributed by atoms with E-state index in [9.17, 15) is 0 Å². The average Bonchev–Trinajstić information content (AvgIpc) is 3.14. The third-order valence-electron chi connectivity index (χ3n) is 2.71. The first-order chi connectivity index (χ1) is 10.2. The minimum Gasteiger partial charge on any atom is -0.497 e. The van der Waals surface area contributed by atoms with Gasteiger partial charge in [0.1, 0.15) is 11.6 Å². The van der Waals surface area contributed by atoms with Gasteiger partial charge in [0, 0.05) is 5.56 Å². The lowest BCUT2D eigenvalue weighted by Crippen LogP contribution is -1.82. The number of ether oxygens (including phenoxy) is 1. The van der Waals surface area contributed by atoms with E-state index in [0.717, 1.165) is 17.1 Å². The number of hydrogen-bond donors (Lipinski definition) is 1. The smallest absolute Gasteiger partial charge is 0.247 e. The summed E-state index contributed by atoms with van der Waals surface area (Å²) in [7, 11) is 1.63. The lowest BCUT2D eigenvalue weighted by Gasteiger charge is -1.99. The van der Waals surface area contributed by atoms with Crippen molar-refractivity contribution in [1.29, 1.82) is 0 Å². The van der Waals surface area contributed by atoms with Crippen molar-refractivity contribution < 1.29 is 9.15 Å². The van der Waals surface area contributed by atoms with Crippen LogP contribution in [-0.4, -0.2) is 32.5 Å². The maximum Gasteiger partial charge on any atom is 0.247 e. The lowest BCUT2D eigenvalue weighted by atomic mass is 10.2. The Kier molecular flexibility index (Phi) is 3.87. The predicted octanol–water partition coefficient (Wildman–Crippen LogP) is 2.46. The van der Waals surface area contributed by atoms with E-state index in [4.69, 9.17) is 9.15 Å². The Morgan fingerprint density at radius 2 is 2.05 bits per heavy atom. The first kappa shape index (κ1) is 13.6. The monoisotopic (exact) mass is 303 g/mol. The zero-order chi connectivity index (χ0) is 14.7. The summed E-state index contributed by atoms with van der Waals surface area (Å²) >= 11 is 1.44. The van der Waals surface area contributed by atoms with Crippen LogP contribution in [0.4, 0.5) is 0 Å². The maximum absolute atomic E-state index is 5.62. The Morgan fingerprint density at radius 1 is 1.24 bits per heavy atom. The summed E-state index contributed by atoms with van der Waals surface area (Å²) < 4.78 is 10.7. The molecule has 0 atom stereocenters. The number of rotatable bonds is 5. The molecule has 0 unspecified atom stereocenters. The van der Waals surface area contributed by atoms with Gasteiger partial charge in [-0.15, -0.1) is 15.3 Å². The fourth-order valence-corrected chi connectivity index (χ4v) is 2.36. The van der Waals surface area contributed by atoms with Gasteiger partial charge in [0.2, 0.25) is 16.9 Å². The van der Waals surface area contributed by atoms with Crippen molar-refractivity contribution in [2.24, 2.45) is 0 Å². The maximum atomic E-state index is 5.62. The summed E-state index contributed by atoms with van der Waals surface area (Å²) in [5.74, 6) is 3.11. The Bertz CT molecular complexity index is 722. The number of aromatic amines is 1. The van der Waals surface area contributed by atoms with Gasteiger partial charge in [-0.05, 0) is 31.2 Å². The predicted molar refractivity (Wildman–Crippen MR) is 77.0 cm³/mol. The molecule has 0 aliphatic carbocycles. The van der Waals surface area contributed by atoms with Gasteiger partial charge in [-0.1, -0.05) is 11.8 Å². The summed E-state index contributed by atoms with van der Waals surface area (Å²) in [6, 6.07) is 7.46. The van der Waals surface area contributed by atoms with Gasteiger partial charge in [-0.25, -0.2) is 4.98 Å². The molecule has 108 valence electrons. The number of nitrogens with one attached hydrogen (secondary N) is 1. The number of benzene rings is 1. The molecule has 0 radical (unpaired) electrons. The Hall–Kier alpha value is -2.35. The quantitative estimate of drug-likeness (QED) is 0.724. The van der Waals surface area contributed by atoms with Crippen LogP contribution in [0.5, 0.6) is 5.75 Å². The molecular formula is C13H13N5O2S. The van der Waals surface area contributed by atoms with Crippen LogP contribution >= 0.6 is 11.8 Å². The van der Waals surface area contributed by atoms with Crippen LogP contribution in [0.1, 0.15) is 11.7 Å². The summed E-state index contributed by atoms with van der Waals surface area (Å²) in [6.07, 6.45) is 0. The first-order valence-corrected chi connectivity index (χ1v) is 7.22. The fraction of sp³-hybridized carbons (Fsp3) is 0.231. The standard InChI is InChI=1S/C13H13N5O2S/c1-8-14-13(18-15-8)21-7-11-16-17-12(20-11)9-3-5-10(19-2)6-4-9/h3-6H,7H2,1-2H3,(H,14,15,18). The van der Waals surface area contributed by atoms with Crippen molar-refractivity contribution in [3.63, 3.8) is 0 Å². The highest BCUT2D eigenvalue weighted by atomic mass is 32.2. The van der Waals surface area contributed by atoms with Crippen LogP contribution in [0.3, 0.4) is 0 Å². The molecule has 0 saturated carbocycles. The van der Waals surface area contributed by atoms with E-state index in [1.54, 1.807) is 7.11 Å². The van der Waals surface area contributed by atoms with Crippen molar-refractivity contribution in [1.82, 2.24) is 25.4 Å². The third kappa shape index (κ3) is 3.22. The molecule has 7 nitrogen and oxygen atoms in total. The van der Waals surface area contributed by atoms with Crippen molar-refractivity contribution in [3.05, 3.63) is 36.0 Å². The number of nitrogens with zero attached hydrogens (tertiary/aromatic N) is 4. The second-order valence-electron chi connectivity index (χ2n) is 4.22. The summed E-state index contributed by atoms with van der Waals surface area (Å²) in [5, 5.41) is 15.6. The molecule has 3 aromatic rings. The molecule has 1 aromatic carbocycles. The van der Waals surface area contributed by atoms with E-state index in [-0.39, 0.29) is 0 Å². The Balaban J connectivity index is 1.67. The second-order valence-corrected chi connectivity index (χ2v) is 5.16. The molecule has 0 aliphatic heterocycles. The first-order valence-electron chi connectivity index (χ1n) is 6.23. The average molecular weight is 303 g/mol. The summed E-state index contributed by atoms with van der Waals surface area (Å²) in [6.45, 7) is 1.85. The van der Waals surface area contributed by atoms with E-state index in [2.05, 4.69) is 25.4 Å². The van der Waals surface area contributed by atoms with E-state index < -0.39 is 0 Å². The molecule has 8 heteroatoms. The molecule has 21 heavy (non-hydrogen) atoms. The highest BCUT2D eigenvalue weighted by Gasteiger charge is 2.10. The van der Waals surface area contributed by atoms with Gasteiger partial charge < -0.3 is 9.15 Å². The number of thioether (sulfide) groups is 1. The van der Waals surface area contributed by atoms with Crippen LogP contribution < -0.4 is 4.74 Å². The molecule has 1 N–H and O–H groups in total. The van der Waals surface area contributed by atoms with Crippen molar-refractivity contribution in [2.45, 2.75) is 17.8 Å². The SMILES string of the molecule is COc1ccc(-c2nnc(CSc3n[nH]c(C)n3)o2)cc1. The van der Waals surface area contributed by atoms with Crippen LogP contribution in [0.15, 0.2) is 33.8 Å². The molecule has 3 rings (SSSR count). The largest absolute Gasteiger partial charge is 0.497 e. The van der Waals surface area contributed by atoms with E-state index >= 15 is 0 Å². The Morgan fingerprint density at radius 3 is 2.71 bits per heavy atom. The molecule has 0 amide bonds. The third-order valence-corrected chi connectivity index (χ3v) is 3.54. The van der Waals surface area contributed by atoms with Gasteiger partial charge in [0.25, 0.3) is 0 Å². The molecule has 2 heterocycles. The number of methoxy groups -OCH3 is 1. The molecule has 0 fully saturated rings. The normalized spacial score (nSPS) is 10.8. The molecule has 0 bridgehead atoms. The van der Waals surface area contributed by atoms with Gasteiger partial charge in [-0.3, -0.25) is 5.10 Å². The minimum atomic E-state index is 0.486. The van der Waals surface area contributed by atoms with Gasteiger partial charge in [0.05, 0.1) is 12.9 Å². The van der Waals surface area contributed by atoms with Crippen LogP contribution in [0.25, 0.3) is 11.5 Å². The topological polar surface area (TPSA) is 89.7 Å². The summed E-state index contributed by atoms with van der Waals surface area (Å²) in [4.78, 5) is 4.20. The van der Waals surface area contributed by atoms with Gasteiger partial charge >= 0.3 is 0 Å². The highest BCUT2D eigenvalue weighted by molar-refractivity contribution is 7.98. The van der Waals surface area contributed by atoms with E-state index in [1.807, 2.05) is 31.2 Å². The zero-order valence-electron chi connectivity index (χ0n) is 11.5. The zero-order valence-corrected chi connectivity index (χ0v) is 12.3. The molecule has 0 aliphatic rings. The fourth-order valence-electron chi connectivity index (χ4n) is 1.68. The van der Waals surface area contributed by atoms with Gasteiger partial charge in [-0.2, -0.15) is 0 Å². The van der Waals surface area contributed by atoms with E-state index in [1.165, 1.54) is 11.8 Å². The number of aromatic nitrogens is 5. The van der Waals surface area contributed by atoms with Crippen molar-refractivity contribution in [2.75, 3.05) is 7.11 Å². The minimum absolute atomic E-state index is 0.486. The van der Waals surface area contributed by atoms with Crippen LogP contribution in [0, 0.1) is 6.92 Å². The number of H-pyrrole nitrogens is 1. The number of hydrogen-bond acceptors (Lipinski definition) is 7. The molecule has 0 spiro atoms. The van der Waals surface area contributed by atoms with Crippen molar-refractivity contribution in [3.8, 4) is 17.2 Å². The molecular weight excluding hydrogens is 290 g/mol. The second kappa shape index (κ2) is 5.96. The Labute approximate surface area is 125 Å².